The minimum absolute atomic E-state index is 0.882. The monoisotopic (exact) mass is 686 g/mol. The van der Waals surface area contributed by atoms with Crippen molar-refractivity contribution in [3.63, 3.8) is 0 Å². The molecule has 54 heavy (non-hydrogen) atoms. The lowest BCUT2D eigenvalue weighted by Gasteiger charge is -2.18. The highest BCUT2D eigenvalue weighted by Gasteiger charge is 2.20. The van der Waals surface area contributed by atoms with Gasteiger partial charge in [0, 0.05) is 21.5 Å². The van der Waals surface area contributed by atoms with Gasteiger partial charge in [0.15, 0.2) is 0 Å². The minimum atomic E-state index is 0.882. The van der Waals surface area contributed by atoms with Crippen LogP contribution in [-0.2, 0) is 0 Å². The fourth-order valence-electron chi connectivity index (χ4n) is 9.02. The fourth-order valence-corrected chi connectivity index (χ4v) is 9.02. The SMILES string of the molecule is c1ccc2cc(-c3c4ccccc4c(-c4ccc5c(c4)oc4cc(-c6ccc7oc8ccccc8c7c6)c6ccccc6c45)c4ccccc34)ccc2c1. The van der Waals surface area contributed by atoms with Crippen molar-refractivity contribution >= 4 is 87.0 Å². The van der Waals surface area contributed by atoms with Crippen LogP contribution >= 0.6 is 0 Å². The number of para-hydroxylation sites is 1. The summed E-state index contributed by atoms with van der Waals surface area (Å²) < 4.78 is 13.0. The van der Waals surface area contributed by atoms with Crippen LogP contribution in [0.25, 0.3) is 120 Å². The molecule has 12 aromatic rings. The molecule has 0 N–H and O–H groups in total. The van der Waals surface area contributed by atoms with Gasteiger partial charge in [-0.05, 0) is 119 Å². The summed E-state index contributed by atoms with van der Waals surface area (Å²) in [5.41, 5.74) is 10.7. The maximum absolute atomic E-state index is 6.87. The Morgan fingerprint density at radius 2 is 0.796 bits per heavy atom. The molecule has 0 saturated heterocycles. The zero-order valence-electron chi connectivity index (χ0n) is 29.1. The van der Waals surface area contributed by atoms with Crippen LogP contribution in [0.5, 0.6) is 0 Å². The summed E-state index contributed by atoms with van der Waals surface area (Å²) >= 11 is 0. The number of benzene rings is 10. The van der Waals surface area contributed by atoms with Crippen molar-refractivity contribution in [2.75, 3.05) is 0 Å². The summed E-state index contributed by atoms with van der Waals surface area (Å²) in [7, 11) is 0. The molecule has 12 rings (SSSR count). The standard InChI is InChI=1S/C52H30O2/c1-2-12-32-27-34(22-21-31(32)11-1)50-39-16-5-7-18-41(39)51(42-19-8-6-17-40(42)50)35-23-25-43-48(29-35)54-49-30-44(36-13-3-4-15-38(36)52(43)49)33-24-26-47-45(28-33)37-14-9-10-20-46(37)53-47/h1-30H. The third-order valence-corrected chi connectivity index (χ3v) is 11.4. The van der Waals surface area contributed by atoms with E-state index in [1.807, 2.05) is 12.1 Å². The van der Waals surface area contributed by atoms with E-state index in [9.17, 15) is 0 Å². The summed E-state index contributed by atoms with van der Waals surface area (Å²) in [4.78, 5) is 0. The van der Waals surface area contributed by atoms with Gasteiger partial charge in [0.1, 0.15) is 22.3 Å². The van der Waals surface area contributed by atoms with E-state index < -0.39 is 0 Å². The molecule has 0 aliphatic heterocycles. The van der Waals surface area contributed by atoms with Crippen LogP contribution in [0.1, 0.15) is 0 Å². The molecule has 0 bridgehead atoms. The minimum Gasteiger partial charge on any atom is -0.456 e. The van der Waals surface area contributed by atoms with Crippen molar-refractivity contribution in [3.05, 3.63) is 182 Å². The van der Waals surface area contributed by atoms with Crippen molar-refractivity contribution in [1.82, 2.24) is 0 Å². The lowest BCUT2D eigenvalue weighted by atomic mass is 9.85. The van der Waals surface area contributed by atoms with Gasteiger partial charge in [-0.15, -0.1) is 0 Å². The first-order valence-corrected chi connectivity index (χ1v) is 18.5. The van der Waals surface area contributed by atoms with Gasteiger partial charge < -0.3 is 8.83 Å². The first-order valence-electron chi connectivity index (χ1n) is 18.5. The maximum atomic E-state index is 6.87. The van der Waals surface area contributed by atoms with Gasteiger partial charge in [-0.25, -0.2) is 0 Å². The third-order valence-electron chi connectivity index (χ3n) is 11.4. The Labute approximate surface area is 310 Å². The summed E-state index contributed by atoms with van der Waals surface area (Å²) in [5, 5.41) is 14.3. The van der Waals surface area contributed by atoms with E-state index in [0.717, 1.165) is 60.6 Å². The van der Waals surface area contributed by atoms with Crippen LogP contribution in [0.15, 0.2) is 191 Å². The zero-order valence-corrected chi connectivity index (χ0v) is 29.1. The molecule has 0 unspecified atom stereocenters. The Morgan fingerprint density at radius 1 is 0.259 bits per heavy atom. The zero-order chi connectivity index (χ0) is 35.3. The Kier molecular flexibility index (Phi) is 6.09. The van der Waals surface area contributed by atoms with E-state index in [4.69, 9.17) is 8.83 Å². The molecule has 0 aliphatic rings. The molecule has 10 aromatic carbocycles. The van der Waals surface area contributed by atoms with Gasteiger partial charge in [-0.1, -0.05) is 140 Å². The first-order chi connectivity index (χ1) is 26.8. The molecule has 2 nitrogen and oxygen atoms in total. The van der Waals surface area contributed by atoms with Gasteiger partial charge in [0.25, 0.3) is 0 Å². The molecule has 0 amide bonds. The van der Waals surface area contributed by atoms with Crippen molar-refractivity contribution in [2.45, 2.75) is 0 Å². The Bertz CT molecular complexity index is 3450. The molecule has 0 fully saturated rings. The first kappa shape index (κ1) is 29.4. The van der Waals surface area contributed by atoms with Crippen molar-refractivity contribution in [1.29, 1.82) is 0 Å². The van der Waals surface area contributed by atoms with Crippen LogP contribution in [0, 0.1) is 0 Å². The molecule has 250 valence electrons. The molecule has 0 radical (unpaired) electrons. The number of fused-ring (bicyclic) bond motifs is 11. The quantitative estimate of drug-likeness (QED) is 0.173. The van der Waals surface area contributed by atoms with Gasteiger partial charge in [0.2, 0.25) is 0 Å². The second-order valence-corrected chi connectivity index (χ2v) is 14.4. The highest BCUT2D eigenvalue weighted by atomic mass is 16.3. The molecular weight excluding hydrogens is 657 g/mol. The van der Waals surface area contributed by atoms with Crippen molar-refractivity contribution in [2.24, 2.45) is 0 Å². The lowest BCUT2D eigenvalue weighted by molar-refractivity contribution is 0.669. The Morgan fingerprint density at radius 3 is 1.54 bits per heavy atom. The highest BCUT2D eigenvalue weighted by Crippen LogP contribution is 2.46. The number of hydrogen-bond donors (Lipinski definition) is 0. The predicted octanol–water partition coefficient (Wildman–Crippen LogP) is 15.1. The van der Waals surface area contributed by atoms with Crippen molar-refractivity contribution in [3.8, 4) is 33.4 Å². The van der Waals surface area contributed by atoms with Gasteiger partial charge in [-0.3, -0.25) is 0 Å². The van der Waals surface area contributed by atoms with E-state index in [2.05, 4.69) is 170 Å². The second kappa shape index (κ2) is 11.2. The third kappa shape index (κ3) is 4.22. The normalized spacial score (nSPS) is 12.1. The topological polar surface area (TPSA) is 26.3 Å². The molecule has 0 spiro atoms. The van der Waals surface area contributed by atoms with Crippen LogP contribution in [-0.4, -0.2) is 0 Å². The van der Waals surface area contributed by atoms with E-state index in [1.165, 1.54) is 59.8 Å². The molecular formula is C52H30O2. The fraction of sp³-hybridized carbons (Fsp3) is 0. The molecule has 0 atom stereocenters. The maximum Gasteiger partial charge on any atom is 0.136 e. The van der Waals surface area contributed by atoms with Crippen LogP contribution in [0.3, 0.4) is 0 Å². The van der Waals surface area contributed by atoms with E-state index >= 15 is 0 Å². The van der Waals surface area contributed by atoms with E-state index in [1.54, 1.807) is 0 Å². The van der Waals surface area contributed by atoms with Gasteiger partial charge in [0.05, 0.1) is 0 Å². The Balaban J connectivity index is 1.08. The molecule has 2 heterocycles. The molecule has 2 heteroatoms. The van der Waals surface area contributed by atoms with Crippen LogP contribution in [0.2, 0.25) is 0 Å². The van der Waals surface area contributed by atoms with E-state index in [0.29, 0.717) is 0 Å². The second-order valence-electron chi connectivity index (χ2n) is 14.4. The summed E-state index contributed by atoms with van der Waals surface area (Å²) in [6.45, 7) is 0. The summed E-state index contributed by atoms with van der Waals surface area (Å²) in [6, 6.07) is 65.6. The molecule has 2 aromatic heterocycles. The smallest absolute Gasteiger partial charge is 0.136 e. The average molecular weight is 687 g/mol. The van der Waals surface area contributed by atoms with Crippen LogP contribution in [0.4, 0.5) is 0 Å². The van der Waals surface area contributed by atoms with Gasteiger partial charge >= 0.3 is 0 Å². The number of furan rings is 2. The largest absolute Gasteiger partial charge is 0.456 e. The van der Waals surface area contributed by atoms with E-state index in [-0.39, 0.29) is 0 Å². The summed E-state index contributed by atoms with van der Waals surface area (Å²) in [6.07, 6.45) is 0. The molecule has 0 aliphatic carbocycles. The number of rotatable bonds is 3. The lowest BCUT2D eigenvalue weighted by Crippen LogP contribution is -1.91. The Hall–Kier alpha value is -7.16. The summed E-state index contributed by atoms with van der Waals surface area (Å²) in [5.74, 6) is 0. The highest BCUT2D eigenvalue weighted by molar-refractivity contribution is 6.25. The van der Waals surface area contributed by atoms with Crippen LogP contribution < -0.4 is 0 Å². The number of hydrogen-bond acceptors (Lipinski definition) is 2. The van der Waals surface area contributed by atoms with Gasteiger partial charge in [-0.2, -0.15) is 0 Å². The van der Waals surface area contributed by atoms with Crippen molar-refractivity contribution < 1.29 is 8.83 Å². The predicted molar refractivity (Wildman–Crippen MR) is 227 cm³/mol. The molecule has 0 saturated carbocycles. The average Bonchev–Trinajstić information content (AvgIpc) is 3.80.